The molecule has 4 nitrogen and oxygen atoms in total. The van der Waals surface area contributed by atoms with E-state index in [1.54, 1.807) is 17.3 Å². The Balaban J connectivity index is 1.58. The molecule has 1 aliphatic rings. The molecule has 1 amide bonds. The highest BCUT2D eigenvalue weighted by Gasteiger charge is 2.14. The summed E-state index contributed by atoms with van der Waals surface area (Å²) in [6, 6.07) is 12.0. The van der Waals surface area contributed by atoms with Crippen molar-refractivity contribution in [3.05, 3.63) is 59.9 Å². The lowest BCUT2D eigenvalue weighted by atomic mass is 10.1. The highest BCUT2D eigenvalue weighted by Crippen LogP contribution is 2.20. The van der Waals surface area contributed by atoms with E-state index in [1.165, 1.54) is 24.1 Å². The zero-order valence-electron chi connectivity index (χ0n) is 13.6. The Labute approximate surface area is 137 Å². The van der Waals surface area contributed by atoms with Crippen molar-refractivity contribution >= 4 is 11.6 Å². The quantitative estimate of drug-likeness (QED) is 0.852. The van der Waals surface area contributed by atoms with Crippen LogP contribution in [-0.2, 0) is 6.42 Å². The van der Waals surface area contributed by atoms with Crippen LogP contribution in [0.1, 0.15) is 28.8 Å². The smallest absolute Gasteiger partial charge is 0.253 e. The van der Waals surface area contributed by atoms with Crippen LogP contribution in [0.15, 0.2) is 48.8 Å². The molecule has 1 aromatic carbocycles. The largest absolute Gasteiger partial charge is 0.372 e. The van der Waals surface area contributed by atoms with E-state index in [0.29, 0.717) is 6.54 Å². The Morgan fingerprint density at radius 1 is 1.09 bits per heavy atom. The number of hydrogen-bond donors (Lipinski definition) is 0. The number of aromatic nitrogens is 1. The third-order valence-electron chi connectivity index (χ3n) is 4.42. The summed E-state index contributed by atoms with van der Waals surface area (Å²) in [5.41, 5.74) is 3.17. The van der Waals surface area contributed by atoms with E-state index in [2.05, 4.69) is 22.0 Å². The van der Waals surface area contributed by atoms with Crippen LogP contribution in [0.2, 0.25) is 0 Å². The van der Waals surface area contributed by atoms with E-state index in [-0.39, 0.29) is 5.91 Å². The highest BCUT2D eigenvalue weighted by molar-refractivity contribution is 5.94. The van der Waals surface area contributed by atoms with E-state index >= 15 is 0 Å². The predicted octanol–water partition coefficient (Wildman–Crippen LogP) is 3.00. The van der Waals surface area contributed by atoms with Gasteiger partial charge < -0.3 is 9.80 Å². The van der Waals surface area contributed by atoms with Crippen molar-refractivity contribution < 1.29 is 4.79 Å². The van der Waals surface area contributed by atoms with E-state index in [4.69, 9.17) is 0 Å². The normalized spacial score (nSPS) is 14.0. The number of carbonyl (C=O) groups is 1. The van der Waals surface area contributed by atoms with Gasteiger partial charge in [0.05, 0.1) is 0 Å². The summed E-state index contributed by atoms with van der Waals surface area (Å²) in [6.45, 7) is 2.95. The summed E-state index contributed by atoms with van der Waals surface area (Å²) >= 11 is 0. The number of anilines is 1. The van der Waals surface area contributed by atoms with Gasteiger partial charge in [-0.1, -0.05) is 0 Å². The molecule has 1 fully saturated rings. The number of nitrogens with zero attached hydrogens (tertiary/aromatic N) is 3. The summed E-state index contributed by atoms with van der Waals surface area (Å²) in [5, 5.41) is 0. The molecule has 1 aliphatic heterocycles. The molecule has 0 radical (unpaired) electrons. The number of pyridine rings is 1. The molecule has 0 aliphatic carbocycles. The minimum absolute atomic E-state index is 0.0760. The van der Waals surface area contributed by atoms with Crippen LogP contribution >= 0.6 is 0 Å². The molecule has 2 heterocycles. The van der Waals surface area contributed by atoms with Crippen molar-refractivity contribution in [3.8, 4) is 0 Å². The fourth-order valence-electron chi connectivity index (χ4n) is 2.96. The number of likely N-dealkylation sites (N-methyl/N-ethyl adjacent to an activating group) is 1. The summed E-state index contributed by atoms with van der Waals surface area (Å²) < 4.78 is 0. The maximum atomic E-state index is 12.5. The van der Waals surface area contributed by atoms with Crippen molar-refractivity contribution in [2.75, 3.05) is 31.6 Å². The number of benzene rings is 1. The average molecular weight is 309 g/mol. The van der Waals surface area contributed by atoms with Crippen LogP contribution in [0.3, 0.4) is 0 Å². The fourth-order valence-corrected chi connectivity index (χ4v) is 2.96. The monoisotopic (exact) mass is 309 g/mol. The van der Waals surface area contributed by atoms with E-state index in [0.717, 1.165) is 25.1 Å². The first kappa shape index (κ1) is 15.5. The van der Waals surface area contributed by atoms with Crippen molar-refractivity contribution in [1.82, 2.24) is 9.88 Å². The summed E-state index contributed by atoms with van der Waals surface area (Å²) in [7, 11) is 1.86. The summed E-state index contributed by atoms with van der Waals surface area (Å²) in [6.07, 6.45) is 6.94. The number of amides is 1. The molecular weight excluding hydrogens is 286 g/mol. The Morgan fingerprint density at radius 3 is 2.39 bits per heavy atom. The molecule has 0 N–H and O–H groups in total. The van der Waals surface area contributed by atoms with Crippen molar-refractivity contribution in [3.63, 3.8) is 0 Å². The second-order valence-electron chi connectivity index (χ2n) is 6.07. The second-order valence-corrected chi connectivity index (χ2v) is 6.07. The van der Waals surface area contributed by atoms with Gasteiger partial charge in [-0.3, -0.25) is 9.78 Å². The molecule has 0 saturated carbocycles. The molecule has 1 saturated heterocycles. The zero-order chi connectivity index (χ0) is 16.1. The van der Waals surface area contributed by atoms with Crippen molar-refractivity contribution in [1.29, 1.82) is 0 Å². The third-order valence-corrected chi connectivity index (χ3v) is 4.42. The van der Waals surface area contributed by atoms with E-state index in [9.17, 15) is 4.79 Å². The van der Waals surface area contributed by atoms with Gasteiger partial charge in [0, 0.05) is 50.3 Å². The lowest BCUT2D eigenvalue weighted by molar-refractivity contribution is 0.0796. The molecule has 0 spiro atoms. The van der Waals surface area contributed by atoms with Crippen LogP contribution < -0.4 is 4.90 Å². The molecule has 120 valence electrons. The van der Waals surface area contributed by atoms with Gasteiger partial charge in [0.1, 0.15) is 0 Å². The Bertz CT molecular complexity index is 633. The van der Waals surface area contributed by atoms with Crippen molar-refractivity contribution in [2.45, 2.75) is 19.3 Å². The topological polar surface area (TPSA) is 36.4 Å². The Kier molecular flexibility index (Phi) is 4.91. The van der Waals surface area contributed by atoms with Crippen LogP contribution in [-0.4, -0.2) is 42.5 Å². The number of hydrogen-bond acceptors (Lipinski definition) is 3. The third kappa shape index (κ3) is 3.89. The zero-order valence-corrected chi connectivity index (χ0v) is 13.6. The molecule has 0 unspecified atom stereocenters. The first-order chi connectivity index (χ1) is 11.2. The molecule has 1 aromatic heterocycles. The van der Waals surface area contributed by atoms with Gasteiger partial charge in [0.15, 0.2) is 0 Å². The van der Waals surface area contributed by atoms with Gasteiger partial charge in [-0.15, -0.1) is 0 Å². The molecule has 3 rings (SSSR count). The summed E-state index contributed by atoms with van der Waals surface area (Å²) in [5.74, 6) is 0.0760. The Morgan fingerprint density at radius 2 is 1.74 bits per heavy atom. The van der Waals surface area contributed by atoms with Gasteiger partial charge in [-0.25, -0.2) is 0 Å². The first-order valence-corrected chi connectivity index (χ1v) is 8.23. The van der Waals surface area contributed by atoms with Gasteiger partial charge in [-0.05, 0) is 61.2 Å². The molecular formula is C19H23N3O. The average Bonchev–Trinajstić information content (AvgIpc) is 3.15. The summed E-state index contributed by atoms with van der Waals surface area (Å²) in [4.78, 5) is 20.7. The van der Waals surface area contributed by atoms with Crippen molar-refractivity contribution in [2.24, 2.45) is 0 Å². The van der Waals surface area contributed by atoms with Gasteiger partial charge in [-0.2, -0.15) is 0 Å². The molecule has 4 heteroatoms. The highest BCUT2D eigenvalue weighted by atomic mass is 16.2. The number of carbonyl (C=O) groups excluding carboxylic acids is 1. The van der Waals surface area contributed by atoms with Crippen LogP contribution in [0.4, 0.5) is 5.69 Å². The van der Waals surface area contributed by atoms with Crippen LogP contribution in [0, 0.1) is 0 Å². The minimum atomic E-state index is 0.0760. The maximum absolute atomic E-state index is 12.5. The predicted molar refractivity (Wildman–Crippen MR) is 92.8 cm³/mol. The number of rotatable bonds is 5. The van der Waals surface area contributed by atoms with Crippen LogP contribution in [0.5, 0.6) is 0 Å². The Hall–Kier alpha value is -2.36. The molecule has 2 aromatic rings. The second kappa shape index (κ2) is 7.27. The van der Waals surface area contributed by atoms with Gasteiger partial charge in [0.2, 0.25) is 0 Å². The van der Waals surface area contributed by atoms with Crippen LogP contribution in [0.25, 0.3) is 0 Å². The fraction of sp³-hybridized carbons (Fsp3) is 0.368. The molecule has 0 atom stereocenters. The standard InChI is InChI=1S/C19H23N3O/c1-21(15-10-16-8-11-20-12-9-16)19(23)17-4-6-18(7-5-17)22-13-2-3-14-22/h4-9,11-12H,2-3,10,13-15H2,1H3. The molecule has 0 bridgehead atoms. The van der Waals surface area contributed by atoms with E-state index < -0.39 is 0 Å². The minimum Gasteiger partial charge on any atom is -0.372 e. The lowest BCUT2D eigenvalue weighted by Crippen LogP contribution is -2.29. The lowest BCUT2D eigenvalue weighted by Gasteiger charge is -2.20. The van der Waals surface area contributed by atoms with Gasteiger partial charge >= 0.3 is 0 Å². The van der Waals surface area contributed by atoms with Gasteiger partial charge in [0.25, 0.3) is 5.91 Å². The molecule has 23 heavy (non-hydrogen) atoms. The van der Waals surface area contributed by atoms with E-state index in [1.807, 2.05) is 31.3 Å². The SMILES string of the molecule is CN(CCc1ccncc1)C(=O)c1ccc(N2CCCC2)cc1. The first-order valence-electron chi connectivity index (χ1n) is 8.23. The maximum Gasteiger partial charge on any atom is 0.253 e.